The highest BCUT2D eigenvalue weighted by Crippen LogP contribution is 2.37. The largest absolute Gasteiger partial charge is 0.392 e. The van der Waals surface area contributed by atoms with Gasteiger partial charge < -0.3 is 20.2 Å². The van der Waals surface area contributed by atoms with Gasteiger partial charge in [0.25, 0.3) is 0 Å². The van der Waals surface area contributed by atoms with Crippen molar-refractivity contribution in [2.24, 2.45) is 12.5 Å². The maximum absolute atomic E-state index is 13.8. The van der Waals surface area contributed by atoms with E-state index >= 15 is 0 Å². The van der Waals surface area contributed by atoms with Gasteiger partial charge in [0.05, 0.1) is 23.6 Å². The highest BCUT2D eigenvalue weighted by atomic mass is 19.1. The van der Waals surface area contributed by atoms with Crippen molar-refractivity contribution in [3.63, 3.8) is 0 Å². The van der Waals surface area contributed by atoms with E-state index in [2.05, 4.69) is 37.4 Å². The fourth-order valence-corrected chi connectivity index (χ4v) is 6.96. The first-order valence-electron chi connectivity index (χ1n) is 16.5. The molecule has 3 aromatic carbocycles. The van der Waals surface area contributed by atoms with E-state index in [9.17, 15) is 19.1 Å². The second kappa shape index (κ2) is 13.4. The number of nitrogens with zero attached hydrogens (tertiary/aromatic N) is 7. The van der Waals surface area contributed by atoms with Gasteiger partial charge >= 0.3 is 0 Å². The summed E-state index contributed by atoms with van der Waals surface area (Å²) in [4.78, 5) is 42.0. The number of likely N-dealkylation sites (tertiary alicyclic amines) is 1. The molecule has 2 saturated heterocycles. The number of hydrogen-bond donors (Lipinski definition) is 2. The number of carbonyl (C=O) groups is 2. The molecule has 0 spiro atoms. The third-order valence-corrected chi connectivity index (χ3v) is 9.91. The lowest BCUT2D eigenvalue weighted by atomic mass is 9.80. The van der Waals surface area contributed by atoms with Crippen LogP contribution in [0, 0.1) is 11.2 Å². The lowest BCUT2D eigenvalue weighted by Crippen LogP contribution is -2.52. The zero-order valence-corrected chi connectivity index (χ0v) is 27.6. The molecule has 252 valence electrons. The Labute approximate surface area is 284 Å². The monoisotopic (exact) mass is 662 g/mol. The number of aromatic nitrogens is 4. The van der Waals surface area contributed by atoms with E-state index in [-0.39, 0.29) is 30.7 Å². The topological polar surface area (TPSA) is 120 Å². The van der Waals surface area contributed by atoms with Crippen molar-refractivity contribution in [2.75, 3.05) is 56.0 Å². The number of rotatable bonds is 8. The predicted molar refractivity (Wildman–Crippen MR) is 186 cm³/mol. The van der Waals surface area contributed by atoms with Gasteiger partial charge in [0, 0.05) is 80.1 Å². The van der Waals surface area contributed by atoms with E-state index in [0.717, 1.165) is 40.8 Å². The van der Waals surface area contributed by atoms with Gasteiger partial charge in [-0.2, -0.15) is 5.10 Å². The average Bonchev–Trinajstić information content (AvgIpc) is 3.71. The molecule has 4 heterocycles. The van der Waals surface area contributed by atoms with Crippen LogP contribution in [0.5, 0.6) is 0 Å². The molecule has 2 aromatic heterocycles. The fraction of sp³-hybridized carbons (Fsp3) is 0.324. The number of amides is 2. The van der Waals surface area contributed by atoms with Crippen LogP contribution in [-0.4, -0.2) is 98.4 Å². The molecule has 0 bridgehead atoms. The van der Waals surface area contributed by atoms with Crippen molar-refractivity contribution < 1.29 is 19.1 Å². The summed E-state index contributed by atoms with van der Waals surface area (Å²) >= 11 is 0. The van der Waals surface area contributed by atoms with Gasteiger partial charge in [-0.3, -0.25) is 19.2 Å². The van der Waals surface area contributed by atoms with Crippen LogP contribution in [0.25, 0.3) is 33.5 Å². The maximum Gasteiger partial charge on any atom is 0.236 e. The van der Waals surface area contributed by atoms with Gasteiger partial charge in [-0.25, -0.2) is 14.4 Å². The van der Waals surface area contributed by atoms with E-state index < -0.39 is 11.5 Å². The zero-order valence-electron chi connectivity index (χ0n) is 27.6. The first-order chi connectivity index (χ1) is 23.7. The van der Waals surface area contributed by atoms with Gasteiger partial charge in [-0.15, -0.1) is 0 Å². The quantitative estimate of drug-likeness (QED) is 0.254. The van der Waals surface area contributed by atoms with Crippen LogP contribution in [0.15, 0.2) is 85.2 Å². The molecule has 12 heteroatoms. The second-order valence-electron chi connectivity index (χ2n) is 12.9. The Balaban J connectivity index is 0.968. The van der Waals surface area contributed by atoms with E-state index in [4.69, 9.17) is 0 Å². The van der Waals surface area contributed by atoms with E-state index in [1.807, 2.05) is 47.2 Å². The minimum absolute atomic E-state index is 0.0216. The Bertz CT molecular complexity index is 1960. The van der Waals surface area contributed by atoms with Gasteiger partial charge in [-0.1, -0.05) is 0 Å². The smallest absolute Gasteiger partial charge is 0.236 e. The van der Waals surface area contributed by atoms with E-state index in [1.165, 1.54) is 12.1 Å². The first-order valence-corrected chi connectivity index (χ1v) is 16.5. The van der Waals surface area contributed by atoms with Gasteiger partial charge in [-0.05, 0) is 92.7 Å². The summed E-state index contributed by atoms with van der Waals surface area (Å²) in [5.74, 6) is 0.0930. The van der Waals surface area contributed by atoms with E-state index in [1.54, 1.807) is 42.2 Å². The molecule has 2 unspecified atom stereocenters. The average molecular weight is 663 g/mol. The number of hydrogen-bond acceptors (Lipinski definition) is 8. The molecule has 5 aromatic rings. The highest BCUT2D eigenvalue weighted by molar-refractivity contribution is 6.00. The summed E-state index contributed by atoms with van der Waals surface area (Å²) in [6.07, 6.45) is 2.96. The van der Waals surface area contributed by atoms with Crippen LogP contribution in [-0.2, 0) is 16.6 Å². The van der Waals surface area contributed by atoms with Crippen molar-refractivity contribution in [2.45, 2.75) is 19.4 Å². The Morgan fingerprint density at radius 2 is 1.63 bits per heavy atom. The standard InChI is InChI=1S/C37H39FN8O3/c1-25(47)37(36(49)41-29-10-13-32-31(22-29)34(42-43(32)2)26-4-8-28(38)9-5-26)14-17-44(24-37)23-33(48)46-20-18-45(19-21-46)30-11-6-27(7-12-30)35-39-15-3-16-40-35/h3-13,15-16,22,25,47H,14,17-21,23-24H2,1-2H3,(H,41,49). The summed E-state index contributed by atoms with van der Waals surface area (Å²) in [5, 5.41) is 19.4. The number of aliphatic hydroxyl groups excluding tert-OH is 1. The Kier molecular flexibility index (Phi) is 8.82. The van der Waals surface area contributed by atoms with Crippen molar-refractivity contribution >= 4 is 34.1 Å². The number of halogens is 1. The number of aliphatic hydroxyl groups is 1. The van der Waals surface area contributed by atoms with Crippen LogP contribution < -0.4 is 10.2 Å². The minimum Gasteiger partial charge on any atom is -0.392 e. The summed E-state index contributed by atoms with van der Waals surface area (Å²) in [6, 6.07) is 21.7. The number of nitrogens with one attached hydrogen (secondary N) is 1. The molecule has 49 heavy (non-hydrogen) atoms. The number of piperazine rings is 1. The molecule has 2 amide bonds. The molecule has 0 saturated carbocycles. The molecule has 0 aliphatic carbocycles. The van der Waals surface area contributed by atoms with Crippen molar-refractivity contribution in [1.29, 1.82) is 0 Å². The molecule has 7 rings (SSSR count). The number of fused-ring (bicyclic) bond motifs is 1. The predicted octanol–water partition coefficient (Wildman–Crippen LogP) is 4.20. The number of anilines is 2. The summed E-state index contributed by atoms with van der Waals surface area (Å²) in [5.41, 5.74) is 3.86. The molecular weight excluding hydrogens is 623 g/mol. The van der Waals surface area contributed by atoms with Crippen LogP contribution in [0.2, 0.25) is 0 Å². The number of aryl methyl sites for hydroxylation is 1. The van der Waals surface area contributed by atoms with Crippen molar-refractivity contribution in [1.82, 2.24) is 29.5 Å². The first kappa shape index (κ1) is 32.4. The Morgan fingerprint density at radius 3 is 2.33 bits per heavy atom. The van der Waals surface area contributed by atoms with Crippen molar-refractivity contribution in [3.8, 4) is 22.6 Å². The SMILES string of the molecule is CC(O)C1(C(=O)Nc2ccc3c(c2)c(-c2ccc(F)cc2)nn3C)CCN(CC(=O)N2CCN(c3ccc(-c4ncccn4)cc3)CC2)C1. The molecule has 2 N–H and O–H groups in total. The highest BCUT2D eigenvalue weighted by Gasteiger charge is 2.49. The minimum atomic E-state index is -1.07. The third-order valence-electron chi connectivity index (χ3n) is 9.91. The molecule has 2 atom stereocenters. The van der Waals surface area contributed by atoms with Gasteiger partial charge in [0.15, 0.2) is 5.82 Å². The fourth-order valence-electron chi connectivity index (χ4n) is 6.96. The van der Waals surface area contributed by atoms with Gasteiger partial charge in [0.2, 0.25) is 11.8 Å². The molecule has 2 aliphatic heterocycles. The normalized spacial score (nSPS) is 18.9. The molecule has 2 aliphatic rings. The maximum atomic E-state index is 13.8. The number of carbonyl (C=O) groups excluding carboxylic acids is 2. The van der Waals surface area contributed by atoms with E-state index in [0.29, 0.717) is 43.3 Å². The van der Waals surface area contributed by atoms with Gasteiger partial charge in [0.1, 0.15) is 11.5 Å². The van der Waals surface area contributed by atoms with Crippen LogP contribution >= 0.6 is 0 Å². The lowest BCUT2D eigenvalue weighted by Gasteiger charge is -2.37. The zero-order chi connectivity index (χ0) is 34.1. The van der Waals surface area contributed by atoms with Crippen molar-refractivity contribution in [3.05, 3.63) is 91.0 Å². The number of benzene rings is 3. The Hall–Kier alpha value is -5.20. The third kappa shape index (κ3) is 6.49. The molecule has 11 nitrogen and oxygen atoms in total. The Morgan fingerprint density at radius 1 is 0.939 bits per heavy atom. The summed E-state index contributed by atoms with van der Waals surface area (Å²) in [6.45, 7) is 5.28. The summed E-state index contributed by atoms with van der Waals surface area (Å²) in [7, 11) is 1.84. The van der Waals surface area contributed by atoms with Crippen LogP contribution in [0.1, 0.15) is 13.3 Å². The summed E-state index contributed by atoms with van der Waals surface area (Å²) < 4.78 is 15.3. The van der Waals surface area contributed by atoms with Crippen LogP contribution in [0.4, 0.5) is 15.8 Å². The molecule has 2 fully saturated rings. The molecular formula is C37H39FN8O3. The second-order valence-corrected chi connectivity index (χ2v) is 12.9. The molecule has 0 radical (unpaired) electrons. The van der Waals surface area contributed by atoms with Crippen LogP contribution in [0.3, 0.4) is 0 Å². The lowest BCUT2D eigenvalue weighted by molar-refractivity contribution is -0.134.